The summed E-state index contributed by atoms with van der Waals surface area (Å²) in [6.07, 6.45) is 4.33. The molecule has 4 rings (SSSR count). The summed E-state index contributed by atoms with van der Waals surface area (Å²) in [5, 5.41) is 0. The first-order valence-electron chi connectivity index (χ1n) is 9.63. The molecule has 0 atom stereocenters. The van der Waals surface area contributed by atoms with Gasteiger partial charge in [0.1, 0.15) is 17.4 Å². The fourth-order valence-corrected chi connectivity index (χ4v) is 4.27. The standard InChI is InChI=1S/C21H28N4O/c1-14-23-19(16-11-17(22)12-16)13-21(24-14)25-9-7-15(8-10-25)18-5-3-4-6-20(18)26-2/h3-6,13,15-17H,7-12,22H2,1-2H3. The molecule has 2 aromatic rings. The van der Waals surface area contributed by atoms with E-state index in [2.05, 4.69) is 34.1 Å². The molecule has 0 bridgehead atoms. The van der Waals surface area contributed by atoms with Crippen LogP contribution in [0.15, 0.2) is 30.3 Å². The lowest BCUT2D eigenvalue weighted by atomic mass is 9.78. The van der Waals surface area contributed by atoms with Crippen LogP contribution in [0.1, 0.15) is 54.6 Å². The van der Waals surface area contributed by atoms with Gasteiger partial charge in [-0.3, -0.25) is 0 Å². The second kappa shape index (κ2) is 7.23. The summed E-state index contributed by atoms with van der Waals surface area (Å²) in [5.74, 6) is 4.01. The number of anilines is 1. The van der Waals surface area contributed by atoms with E-state index in [1.54, 1.807) is 7.11 Å². The lowest BCUT2D eigenvalue weighted by Crippen LogP contribution is -2.36. The Morgan fingerprint density at radius 2 is 1.81 bits per heavy atom. The number of ether oxygens (including phenoxy) is 1. The van der Waals surface area contributed by atoms with Gasteiger partial charge in [-0.1, -0.05) is 18.2 Å². The Bertz CT molecular complexity index is 764. The molecule has 1 aliphatic carbocycles. The molecular weight excluding hydrogens is 324 g/mol. The van der Waals surface area contributed by atoms with E-state index in [9.17, 15) is 0 Å². The highest BCUT2D eigenvalue weighted by Gasteiger charge is 2.30. The molecule has 1 aromatic carbocycles. The van der Waals surface area contributed by atoms with Gasteiger partial charge in [0.05, 0.1) is 7.11 Å². The van der Waals surface area contributed by atoms with Crippen LogP contribution >= 0.6 is 0 Å². The predicted octanol–water partition coefficient (Wildman–Crippen LogP) is 3.38. The Kier molecular flexibility index (Phi) is 4.81. The smallest absolute Gasteiger partial charge is 0.132 e. The topological polar surface area (TPSA) is 64.3 Å². The van der Waals surface area contributed by atoms with E-state index >= 15 is 0 Å². The van der Waals surface area contributed by atoms with Crippen molar-refractivity contribution in [2.45, 2.75) is 50.5 Å². The van der Waals surface area contributed by atoms with Gasteiger partial charge in [0.25, 0.3) is 0 Å². The summed E-state index contributed by atoms with van der Waals surface area (Å²) in [4.78, 5) is 11.8. The summed E-state index contributed by atoms with van der Waals surface area (Å²) in [7, 11) is 1.76. The minimum atomic E-state index is 0.343. The van der Waals surface area contributed by atoms with E-state index < -0.39 is 0 Å². The molecule has 0 unspecified atom stereocenters. The Morgan fingerprint density at radius 3 is 2.50 bits per heavy atom. The fraction of sp³-hybridized carbons (Fsp3) is 0.524. The van der Waals surface area contributed by atoms with Gasteiger partial charge >= 0.3 is 0 Å². The molecule has 26 heavy (non-hydrogen) atoms. The van der Waals surface area contributed by atoms with Crippen molar-refractivity contribution in [1.82, 2.24) is 9.97 Å². The number of methoxy groups -OCH3 is 1. The molecule has 5 nitrogen and oxygen atoms in total. The predicted molar refractivity (Wildman–Crippen MR) is 104 cm³/mol. The Hall–Kier alpha value is -2.14. The maximum Gasteiger partial charge on any atom is 0.132 e. The molecule has 2 heterocycles. The molecule has 2 N–H and O–H groups in total. The highest BCUT2D eigenvalue weighted by molar-refractivity contribution is 5.43. The number of aromatic nitrogens is 2. The summed E-state index contributed by atoms with van der Waals surface area (Å²) in [6.45, 7) is 4.03. The number of piperidine rings is 1. The van der Waals surface area contributed by atoms with Crippen molar-refractivity contribution in [1.29, 1.82) is 0 Å². The average molecular weight is 352 g/mol. The van der Waals surface area contributed by atoms with Crippen LogP contribution in [0.5, 0.6) is 5.75 Å². The van der Waals surface area contributed by atoms with Crippen molar-refractivity contribution in [2.75, 3.05) is 25.1 Å². The number of para-hydroxylation sites is 1. The van der Waals surface area contributed by atoms with Gasteiger partial charge in [0.2, 0.25) is 0 Å². The zero-order chi connectivity index (χ0) is 18.1. The molecule has 1 aliphatic heterocycles. The monoisotopic (exact) mass is 352 g/mol. The van der Waals surface area contributed by atoms with Crippen molar-refractivity contribution >= 4 is 5.82 Å². The number of nitrogens with zero attached hydrogens (tertiary/aromatic N) is 3. The quantitative estimate of drug-likeness (QED) is 0.914. The third-order valence-electron chi connectivity index (χ3n) is 5.83. The zero-order valence-electron chi connectivity index (χ0n) is 15.7. The zero-order valence-corrected chi connectivity index (χ0v) is 15.7. The molecule has 0 amide bonds. The Labute approximate surface area is 155 Å². The molecule has 5 heteroatoms. The summed E-state index contributed by atoms with van der Waals surface area (Å²) in [5.41, 5.74) is 8.45. The van der Waals surface area contributed by atoms with E-state index in [0.29, 0.717) is 17.9 Å². The SMILES string of the molecule is COc1ccccc1C1CCN(c2cc(C3CC(N)C3)nc(C)n2)CC1. The minimum Gasteiger partial charge on any atom is -0.496 e. The highest BCUT2D eigenvalue weighted by Crippen LogP contribution is 2.37. The van der Waals surface area contributed by atoms with E-state index in [1.807, 2.05) is 13.0 Å². The van der Waals surface area contributed by atoms with Gasteiger partial charge in [-0.05, 0) is 50.2 Å². The number of benzene rings is 1. The van der Waals surface area contributed by atoms with E-state index in [1.165, 1.54) is 11.3 Å². The first-order valence-corrected chi connectivity index (χ1v) is 9.63. The van der Waals surface area contributed by atoms with Gasteiger partial charge in [0, 0.05) is 36.8 Å². The minimum absolute atomic E-state index is 0.343. The van der Waals surface area contributed by atoms with Gasteiger partial charge < -0.3 is 15.4 Å². The third kappa shape index (κ3) is 3.40. The Morgan fingerprint density at radius 1 is 1.08 bits per heavy atom. The van der Waals surface area contributed by atoms with Crippen LogP contribution in [-0.4, -0.2) is 36.2 Å². The van der Waals surface area contributed by atoms with Crippen molar-refractivity contribution in [3.63, 3.8) is 0 Å². The molecule has 2 aliphatic rings. The lowest BCUT2D eigenvalue weighted by molar-refractivity contribution is 0.344. The molecule has 1 saturated carbocycles. The van der Waals surface area contributed by atoms with E-state index in [0.717, 1.165) is 56.2 Å². The largest absolute Gasteiger partial charge is 0.496 e. The van der Waals surface area contributed by atoms with Crippen LogP contribution in [0.3, 0.4) is 0 Å². The second-order valence-electron chi connectivity index (χ2n) is 7.63. The summed E-state index contributed by atoms with van der Waals surface area (Å²) >= 11 is 0. The maximum atomic E-state index is 5.96. The molecule has 2 fully saturated rings. The van der Waals surface area contributed by atoms with Crippen LogP contribution in [0.25, 0.3) is 0 Å². The van der Waals surface area contributed by atoms with Crippen LogP contribution in [0, 0.1) is 6.92 Å². The number of aryl methyl sites for hydroxylation is 1. The first kappa shape index (κ1) is 17.3. The Balaban J connectivity index is 1.46. The van der Waals surface area contributed by atoms with Crippen molar-refractivity contribution in [3.8, 4) is 5.75 Å². The molecular formula is C21H28N4O. The number of hydrogen-bond donors (Lipinski definition) is 1. The molecule has 0 spiro atoms. The van der Waals surface area contributed by atoms with Crippen LogP contribution in [-0.2, 0) is 0 Å². The van der Waals surface area contributed by atoms with Gasteiger partial charge in [-0.2, -0.15) is 0 Å². The lowest BCUT2D eigenvalue weighted by Gasteiger charge is -2.35. The highest BCUT2D eigenvalue weighted by atomic mass is 16.5. The summed E-state index contributed by atoms with van der Waals surface area (Å²) < 4.78 is 5.55. The number of hydrogen-bond acceptors (Lipinski definition) is 5. The van der Waals surface area contributed by atoms with Gasteiger partial charge in [-0.15, -0.1) is 0 Å². The number of nitrogens with two attached hydrogens (primary N) is 1. The summed E-state index contributed by atoms with van der Waals surface area (Å²) in [6, 6.07) is 10.9. The van der Waals surface area contributed by atoms with Gasteiger partial charge in [0.15, 0.2) is 0 Å². The molecule has 138 valence electrons. The van der Waals surface area contributed by atoms with Crippen molar-refractivity contribution in [2.24, 2.45) is 5.73 Å². The van der Waals surface area contributed by atoms with Gasteiger partial charge in [-0.25, -0.2) is 9.97 Å². The van der Waals surface area contributed by atoms with Crippen LogP contribution < -0.4 is 15.4 Å². The van der Waals surface area contributed by atoms with E-state index in [4.69, 9.17) is 15.5 Å². The molecule has 0 radical (unpaired) electrons. The second-order valence-corrected chi connectivity index (χ2v) is 7.63. The average Bonchev–Trinajstić information content (AvgIpc) is 2.65. The number of rotatable bonds is 4. The molecule has 1 saturated heterocycles. The van der Waals surface area contributed by atoms with Crippen molar-refractivity contribution < 1.29 is 4.74 Å². The van der Waals surface area contributed by atoms with Crippen LogP contribution in [0.4, 0.5) is 5.82 Å². The van der Waals surface area contributed by atoms with E-state index in [-0.39, 0.29) is 0 Å². The first-order chi connectivity index (χ1) is 12.6. The van der Waals surface area contributed by atoms with Crippen LogP contribution in [0.2, 0.25) is 0 Å². The fourth-order valence-electron chi connectivity index (χ4n) is 4.27. The molecule has 1 aromatic heterocycles. The third-order valence-corrected chi connectivity index (χ3v) is 5.83. The maximum absolute atomic E-state index is 5.96. The van der Waals surface area contributed by atoms with Crippen molar-refractivity contribution in [3.05, 3.63) is 47.4 Å². The normalized spacial score (nSPS) is 23.6.